The smallest absolute Gasteiger partial charge is 0.0438 e. The number of hydrogen-bond acceptors (Lipinski definition) is 1. The van der Waals surface area contributed by atoms with Crippen molar-refractivity contribution in [2.75, 3.05) is 6.54 Å². The lowest BCUT2D eigenvalue weighted by atomic mass is 9.85. The third kappa shape index (κ3) is 3.00. The number of rotatable bonds is 4. The summed E-state index contributed by atoms with van der Waals surface area (Å²) >= 11 is 0. The Kier molecular flexibility index (Phi) is 4.33. The fourth-order valence-electron chi connectivity index (χ4n) is 0.785. The van der Waals surface area contributed by atoms with Gasteiger partial charge in [0.1, 0.15) is 0 Å². The normalized spacial score (nSPS) is 12.8. The second-order valence-corrected chi connectivity index (χ2v) is 3.12. The second kappa shape index (κ2) is 4.48. The van der Waals surface area contributed by atoms with Gasteiger partial charge in [-0.1, -0.05) is 20.8 Å². The molecule has 0 saturated heterocycles. The third-order valence-electron chi connectivity index (χ3n) is 2.36. The van der Waals surface area contributed by atoms with Crippen LogP contribution in [-0.4, -0.2) is 12.8 Å². The summed E-state index contributed by atoms with van der Waals surface area (Å²) in [4.78, 5) is 4.26. The molecule has 0 aromatic rings. The van der Waals surface area contributed by atoms with E-state index < -0.39 is 0 Å². The van der Waals surface area contributed by atoms with E-state index in [1.165, 1.54) is 12.8 Å². The Morgan fingerprint density at radius 1 is 1.30 bits per heavy atom. The van der Waals surface area contributed by atoms with Gasteiger partial charge < -0.3 is 0 Å². The van der Waals surface area contributed by atoms with Crippen molar-refractivity contribution in [3.8, 4) is 0 Å². The molecule has 0 atom stereocenters. The predicted molar refractivity (Wildman–Crippen MR) is 47.7 cm³/mol. The molecule has 0 aromatic carbocycles. The van der Waals surface area contributed by atoms with Gasteiger partial charge in [0.25, 0.3) is 0 Å². The molecule has 0 heterocycles. The summed E-state index contributed by atoms with van der Waals surface area (Å²) in [6, 6.07) is 0. The van der Waals surface area contributed by atoms with Crippen molar-refractivity contribution in [3.05, 3.63) is 0 Å². The summed E-state index contributed by atoms with van der Waals surface area (Å²) in [7, 11) is 0. The van der Waals surface area contributed by atoms with Gasteiger partial charge in [-0.2, -0.15) is 0 Å². The van der Waals surface area contributed by atoms with E-state index in [0.29, 0.717) is 5.41 Å². The molecular weight excluding hydrogens is 122 g/mol. The predicted octanol–water partition coefficient (Wildman–Crippen LogP) is 2.90. The third-order valence-corrected chi connectivity index (χ3v) is 2.36. The first kappa shape index (κ1) is 9.67. The fourth-order valence-corrected chi connectivity index (χ4v) is 0.785. The molecule has 0 aliphatic heterocycles. The van der Waals surface area contributed by atoms with Gasteiger partial charge in [-0.15, -0.1) is 0 Å². The van der Waals surface area contributed by atoms with Gasteiger partial charge in [0.05, 0.1) is 0 Å². The molecule has 60 valence electrons. The first-order valence-corrected chi connectivity index (χ1v) is 4.13. The molecule has 0 amide bonds. The quantitative estimate of drug-likeness (QED) is 0.534. The van der Waals surface area contributed by atoms with Gasteiger partial charge in [-0.05, 0) is 31.4 Å². The Balaban J connectivity index is 3.80. The molecule has 0 aliphatic rings. The van der Waals surface area contributed by atoms with Crippen LogP contribution >= 0.6 is 0 Å². The number of aliphatic imine (C=N–C) groups is 1. The zero-order chi connectivity index (χ0) is 8.04. The Labute approximate surface area is 64.6 Å². The highest BCUT2D eigenvalue weighted by atomic mass is 14.7. The largest absolute Gasteiger partial charge is 0.297 e. The van der Waals surface area contributed by atoms with E-state index in [1.54, 1.807) is 0 Å². The van der Waals surface area contributed by atoms with Crippen molar-refractivity contribution in [2.45, 2.75) is 40.5 Å². The van der Waals surface area contributed by atoms with Crippen LogP contribution in [0.4, 0.5) is 0 Å². The zero-order valence-corrected chi connectivity index (χ0v) is 7.65. The SMILES string of the molecule is CC=NCC(C)(CC)CC. The standard InChI is InChI=1S/C9H19N/c1-5-9(4,6-2)8-10-7-3/h7H,5-6,8H2,1-4H3. The maximum atomic E-state index is 4.26. The number of hydrogen-bond donors (Lipinski definition) is 0. The summed E-state index contributed by atoms with van der Waals surface area (Å²) in [5, 5.41) is 0. The Morgan fingerprint density at radius 3 is 2.10 bits per heavy atom. The van der Waals surface area contributed by atoms with Crippen molar-refractivity contribution in [1.29, 1.82) is 0 Å². The maximum absolute atomic E-state index is 4.26. The van der Waals surface area contributed by atoms with Crippen molar-refractivity contribution >= 4 is 6.21 Å². The molecule has 0 aliphatic carbocycles. The van der Waals surface area contributed by atoms with Crippen molar-refractivity contribution in [3.63, 3.8) is 0 Å². The molecule has 0 N–H and O–H groups in total. The zero-order valence-electron chi connectivity index (χ0n) is 7.65. The van der Waals surface area contributed by atoms with Crippen LogP contribution < -0.4 is 0 Å². The van der Waals surface area contributed by atoms with E-state index in [-0.39, 0.29) is 0 Å². The van der Waals surface area contributed by atoms with Crippen LogP contribution in [0.5, 0.6) is 0 Å². The molecule has 0 bridgehead atoms. The van der Waals surface area contributed by atoms with E-state index in [4.69, 9.17) is 0 Å². The molecule has 0 aromatic heterocycles. The highest BCUT2D eigenvalue weighted by molar-refractivity contribution is 5.53. The van der Waals surface area contributed by atoms with Crippen LogP contribution in [0.2, 0.25) is 0 Å². The van der Waals surface area contributed by atoms with Crippen LogP contribution in [0.15, 0.2) is 4.99 Å². The van der Waals surface area contributed by atoms with Crippen LogP contribution in [0.25, 0.3) is 0 Å². The highest BCUT2D eigenvalue weighted by Crippen LogP contribution is 2.24. The molecule has 10 heavy (non-hydrogen) atoms. The molecule has 1 nitrogen and oxygen atoms in total. The van der Waals surface area contributed by atoms with E-state index in [0.717, 1.165) is 6.54 Å². The Bertz CT molecular complexity index is 101. The van der Waals surface area contributed by atoms with Gasteiger partial charge in [0.15, 0.2) is 0 Å². The second-order valence-electron chi connectivity index (χ2n) is 3.12. The van der Waals surface area contributed by atoms with Gasteiger partial charge >= 0.3 is 0 Å². The average molecular weight is 141 g/mol. The summed E-state index contributed by atoms with van der Waals surface area (Å²) in [6.07, 6.45) is 4.34. The fraction of sp³-hybridized carbons (Fsp3) is 0.889. The summed E-state index contributed by atoms with van der Waals surface area (Å²) in [5.74, 6) is 0. The van der Waals surface area contributed by atoms with E-state index in [1.807, 2.05) is 13.1 Å². The summed E-state index contributed by atoms with van der Waals surface area (Å²) in [5.41, 5.74) is 0.437. The van der Waals surface area contributed by atoms with Gasteiger partial charge in [-0.25, -0.2) is 0 Å². The molecule has 0 fully saturated rings. The van der Waals surface area contributed by atoms with E-state index in [2.05, 4.69) is 25.8 Å². The van der Waals surface area contributed by atoms with Crippen LogP contribution in [0.3, 0.4) is 0 Å². The minimum atomic E-state index is 0.437. The maximum Gasteiger partial charge on any atom is 0.0438 e. The van der Waals surface area contributed by atoms with Gasteiger partial charge in [0.2, 0.25) is 0 Å². The molecular formula is C9H19N. The van der Waals surface area contributed by atoms with Gasteiger partial charge in [0, 0.05) is 6.54 Å². The van der Waals surface area contributed by atoms with Crippen molar-refractivity contribution in [2.24, 2.45) is 10.4 Å². The van der Waals surface area contributed by atoms with Crippen molar-refractivity contribution in [1.82, 2.24) is 0 Å². The summed E-state index contributed by atoms with van der Waals surface area (Å²) < 4.78 is 0. The van der Waals surface area contributed by atoms with Crippen LogP contribution in [0, 0.1) is 5.41 Å². The van der Waals surface area contributed by atoms with Gasteiger partial charge in [-0.3, -0.25) is 4.99 Å². The minimum Gasteiger partial charge on any atom is -0.297 e. The number of nitrogens with zero attached hydrogens (tertiary/aromatic N) is 1. The molecule has 0 spiro atoms. The van der Waals surface area contributed by atoms with Crippen LogP contribution in [0.1, 0.15) is 40.5 Å². The van der Waals surface area contributed by atoms with Crippen LogP contribution in [-0.2, 0) is 0 Å². The first-order chi connectivity index (χ1) is 4.68. The lowest BCUT2D eigenvalue weighted by Crippen LogP contribution is -2.17. The molecule has 0 unspecified atom stereocenters. The van der Waals surface area contributed by atoms with Crippen molar-refractivity contribution < 1.29 is 0 Å². The highest BCUT2D eigenvalue weighted by Gasteiger charge is 2.17. The lowest BCUT2D eigenvalue weighted by Gasteiger charge is -2.23. The van der Waals surface area contributed by atoms with E-state index >= 15 is 0 Å². The average Bonchev–Trinajstić information content (AvgIpc) is 2.00. The Hall–Kier alpha value is -0.330. The first-order valence-electron chi connectivity index (χ1n) is 4.13. The van der Waals surface area contributed by atoms with E-state index in [9.17, 15) is 0 Å². The molecule has 1 heteroatoms. The molecule has 0 radical (unpaired) electrons. The minimum absolute atomic E-state index is 0.437. The molecule has 0 saturated carbocycles. The monoisotopic (exact) mass is 141 g/mol. The lowest BCUT2D eigenvalue weighted by molar-refractivity contribution is 0.312. The molecule has 0 rings (SSSR count). The Morgan fingerprint density at radius 2 is 1.80 bits per heavy atom. The summed E-state index contributed by atoms with van der Waals surface area (Å²) in [6.45, 7) is 9.71. The topological polar surface area (TPSA) is 12.4 Å².